The zero-order chi connectivity index (χ0) is 16.4. The number of aryl methyl sites for hydroxylation is 1. The molecule has 1 aromatic carbocycles. The van der Waals surface area contributed by atoms with Crippen molar-refractivity contribution in [3.05, 3.63) is 41.7 Å². The Morgan fingerprint density at radius 3 is 2.65 bits per heavy atom. The summed E-state index contributed by atoms with van der Waals surface area (Å²) in [5, 5.41) is 7.12. The van der Waals surface area contributed by atoms with E-state index >= 15 is 0 Å². The molecule has 2 heterocycles. The molecule has 0 saturated heterocycles. The number of hydrogen-bond acceptors (Lipinski definition) is 4. The maximum Gasteiger partial charge on any atom is 0.254 e. The first-order valence-electron chi connectivity index (χ1n) is 7.73. The second-order valence-electron chi connectivity index (χ2n) is 6.00. The molecule has 6 heteroatoms. The number of rotatable bonds is 4. The molecule has 0 bridgehead atoms. The van der Waals surface area contributed by atoms with Gasteiger partial charge < -0.3 is 14.8 Å². The number of ether oxygens (including phenoxy) is 2. The highest BCUT2D eigenvalue weighted by Crippen LogP contribution is 2.34. The molecule has 23 heavy (non-hydrogen) atoms. The highest BCUT2D eigenvalue weighted by molar-refractivity contribution is 5.94. The van der Waals surface area contributed by atoms with E-state index < -0.39 is 0 Å². The summed E-state index contributed by atoms with van der Waals surface area (Å²) in [4.78, 5) is 12.4. The molecule has 0 aliphatic carbocycles. The number of carbonyl (C=O) groups excluding carboxylic acids is 1. The van der Waals surface area contributed by atoms with Crippen LogP contribution in [0.3, 0.4) is 0 Å². The zero-order valence-electron chi connectivity index (χ0n) is 13.6. The average Bonchev–Trinajstić information content (AvgIpc) is 2.98. The number of nitrogens with one attached hydrogen (secondary N) is 1. The van der Waals surface area contributed by atoms with Crippen LogP contribution >= 0.6 is 0 Å². The van der Waals surface area contributed by atoms with Crippen LogP contribution in [0, 0.1) is 5.92 Å². The van der Waals surface area contributed by atoms with E-state index in [1.165, 1.54) is 0 Å². The lowest BCUT2D eigenvalue weighted by Gasteiger charge is -2.25. The minimum Gasteiger partial charge on any atom is -0.486 e. The second-order valence-corrected chi connectivity index (χ2v) is 6.00. The number of carbonyl (C=O) groups is 1. The van der Waals surface area contributed by atoms with Crippen LogP contribution in [-0.2, 0) is 7.05 Å². The normalized spacial score (nSPS) is 14.6. The van der Waals surface area contributed by atoms with Gasteiger partial charge in [-0.3, -0.25) is 9.48 Å². The van der Waals surface area contributed by atoms with E-state index in [0.717, 1.165) is 17.1 Å². The Labute approximate surface area is 135 Å². The third kappa shape index (κ3) is 3.31. The predicted molar refractivity (Wildman–Crippen MR) is 85.7 cm³/mol. The number of hydrogen-bond donors (Lipinski definition) is 1. The number of fused-ring (bicyclic) bond motifs is 1. The molecule has 1 N–H and O–H groups in total. The maximum absolute atomic E-state index is 12.4. The van der Waals surface area contributed by atoms with Gasteiger partial charge in [-0.1, -0.05) is 19.9 Å². The standard InChI is InChI=1S/C17H21N3O3/c1-11(2)16(19-17(21)13-9-18-20(3)10-13)12-4-5-14-15(8-12)23-7-6-22-14/h4-5,8-11,16H,6-7H2,1-3H3,(H,19,21)/t16-/m1/s1. The highest BCUT2D eigenvalue weighted by atomic mass is 16.6. The van der Waals surface area contributed by atoms with Crippen LogP contribution in [0.5, 0.6) is 11.5 Å². The minimum absolute atomic E-state index is 0.112. The van der Waals surface area contributed by atoms with Crippen molar-refractivity contribution in [3.8, 4) is 11.5 Å². The minimum atomic E-state index is -0.133. The van der Waals surface area contributed by atoms with E-state index in [1.54, 1.807) is 24.1 Å². The van der Waals surface area contributed by atoms with Gasteiger partial charge in [0, 0.05) is 13.2 Å². The van der Waals surface area contributed by atoms with Crippen LogP contribution in [0.4, 0.5) is 0 Å². The Morgan fingerprint density at radius 1 is 1.26 bits per heavy atom. The van der Waals surface area contributed by atoms with Gasteiger partial charge in [0.05, 0.1) is 17.8 Å². The van der Waals surface area contributed by atoms with Crippen molar-refractivity contribution in [2.45, 2.75) is 19.9 Å². The quantitative estimate of drug-likeness (QED) is 0.940. The van der Waals surface area contributed by atoms with Crippen LogP contribution in [0.1, 0.15) is 35.8 Å². The van der Waals surface area contributed by atoms with E-state index in [4.69, 9.17) is 9.47 Å². The summed E-state index contributed by atoms with van der Waals surface area (Å²) < 4.78 is 12.8. The van der Waals surface area contributed by atoms with E-state index in [1.807, 2.05) is 18.2 Å². The Morgan fingerprint density at radius 2 is 2.00 bits per heavy atom. The van der Waals surface area contributed by atoms with Gasteiger partial charge in [-0.15, -0.1) is 0 Å². The molecule has 0 radical (unpaired) electrons. The molecule has 2 aromatic rings. The summed E-state index contributed by atoms with van der Waals surface area (Å²) in [6, 6.07) is 5.71. The fourth-order valence-corrected chi connectivity index (χ4v) is 2.65. The molecule has 1 aromatic heterocycles. The lowest BCUT2D eigenvalue weighted by atomic mass is 9.95. The third-order valence-corrected chi connectivity index (χ3v) is 3.85. The second kappa shape index (κ2) is 6.32. The van der Waals surface area contributed by atoms with Gasteiger partial charge in [0.15, 0.2) is 11.5 Å². The van der Waals surface area contributed by atoms with Crippen molar-refractivity contribution in [2.24, 2.45) is 13.0 Å². The Bertz CT molecular complexity index is 709. The molecule has 0 saturated carbocycles. The zero-order valence-corrected chi connectivity index (χ0v) is 13.6. The van der Waals surface area contributed by atoms with Gasteiger partial charge in [-0.25, -0.2) is 0 Å². The summed E-state index contributed by atoms with van der Waals surface area (Å²) in [5.74, 6) is 1.58. The van der Waals surface area contributed by atoms with Crippen LogP contribution in [0.15, 0.2) is 30.6 Å². The van der Waals surface area contributed by atoms with Crippen LogP contribution in [-0.4, -0.2) is 28.9 Å². The number of aromatic nitrogens is 2. The van der Waals surface area contributed by atoms with Gasteiger partial charge in [0.25, 0.3) is 5.91 Å². The number of amides is 1. The Hall–Kier alpha value is -2.50. The average molecular weight is 315 g/mol. The summed E-state index contributed by atoms with van der Waals surface area (Å²) in [7, 11) is 1.79. The first-order chi connectivity index (χ1) is 11.0. The van der Waals surface area contributed by atoms with Crippen LogP contribution in [0.2, 0.25) is 0 Å². The third-order valence-electron chi connectivity index (χ3n) is 3.85. The van der Waals surface area contributed by atoms with Crippen molar-refractivity contribution in [2.75, 3.05) is 13.2 Å². The van der Waals surface area contributed by atoms with Crippen molar-refractivity contribution >= 4 is 5.91 Å². The Kier molecular flexibility index (Phi) is 4.23. The first kappa shape index (κ1) is 15.4. The fourth-order valence-electron chi connectivity index (χ4n) is 2.65. The van der Waals surface area contributed by atoms with Crippen molar-refractivity contribution in [1.29, 1.82) is 0 Å². The summed E-state index contributed by atoms with van der Waals surface area (Å²) in [6.45, 7) is 5.26. The van der Waals surface area contributed by atoms with Gasteiger partial charge in [-0.2, -0.15) is 5.10 Å². The molecular formula is C17H21N3O3. The number of benzene rings is 1. The molecule has 0 spiro atoms. The lowest BCUT2D eigenvalue weighted by Crippen LogP contribution is -2.31. The maximum atomic E-state index is 12.4. The molecule has 3 rings (SSSR count). The summed E-state index contributed by atoms with van der Waals surface area (Å²) in [6.07, 6.45) is 3.27. The lowest BCUT2D eigenvalue weighted by molar-refractivity contribution is 0.0925. The molecule has 122 valence electrons. The topological polar surface area (TPSA) is 65.4 Å². The van der Waals surface area contributed by atoms with Gasteiger partial charge >= 0.3 is 0 Å². The predicted octanol–water partition coefficient (Wildman–Crippen LogP) is 2.32. The molecule has 6 nitrogen and oxygen atoms in total. The van der Waals surface area contributed by atoms with Gasteiger partial charge in [-0.05, 0) is 23.6 Å². The van der Waals surface area contributed by atoms with Crippen LogP contribution in [0.25, 0.3) is 0 Å². The molecule has 1 atom stereocenters. The van der Waals surface area contributed by atoms with E-state index in [-0.39, 0.29) is 17.9 Å². The van der Waals surface area contributed by atoms with Gasteiger partial charge in [0.1, 0.15) is 13.2 Å². The van der Waals surface area contributed by atoms with Gasteiger partial charge in [0.2, 0.25) is 0 Å². The van der Waals surface area contributed by atoms with E-state index in [9.17, 15) is 4.79 Å². The molecule has 1 aliphatic rings. The monoisotopic (exact) mass is 315 g/mol. The van der Waals surface area contributed by atoms with Crippen molar-refractivity contribution in [3.63, 3.8) is 0 Å². The SMILES string of the molecule is CC(C)[C@@H](NC(=O)c1cnn(C)c1)c1ccc2c(c1)OCCO2. The molecular weight excluding hydrogens is 294 g/mol. The summed E-state index contributed by atoms with van der Waals surface area (Å²) >= 11 is 0. The van der Waals surface area contributed by atoms with Crippen molar-refractivity contribution < 1.29 is 14.3 Å². The number of nitrogens with zero attached hydrogens (tertiary/aromatic N) is 2. The molecule has 1 aliphatic heterocycles. The van der Waals surface area contributed by atoms with E-state index in [2.05, 4.69) is 24.3 Å². The highest BCUT2D eigenvalue weighted by Gasteiger charge is 2.22. The smallest absolute Gasteiger partial charge is 0.254 e. The van der Waals surface area contributed by atoms with Crippen molar-refractivity contribution in [1.82, 2.24) is 15.1 Å². The first-order valence-corrected chi connectivity index (χ1v) is 7.73. The molecule has 0 unspecified atom stereocenters. The molecule has 1 amide bonds. The Balaban J connectivity index is 1.82. The largest absolute Gasteiger partial charge is 0.486 e. The fraction of sp³-hybridized carbons (Fsp3) is 0.412. The summed E-state index contributed by atoms with van der Waals surface area (Å²) in [5.41, 5.74) is 1.55. The van der Waals surface area contributed by atoms with Crippen LogP contribution < -0.4 is 14.8 Å². The van der Waals surface area contributed by atoms with E-state index in [0.29, 0.717) is 18.8 Å². The molecule has 0 fully saturated rings.